The quantitative estimate of drug-likeness (QED) is 0.519. The summed E-state index contributed by atoms with van der Waals surface area (Å²) in [6, 6.07) is 24.2. The lowest BCUT2D eigenvalue weighted by atomic mass is 10.2. The normalized spacial score (nSPS) is 10.5. The van der Waals surface area contributed by atoms with E-state index in [9.17, 15) is 4.79 Å². The first-order valence-corrected chi connectivity index (χ1v) is 9.34. The van der Waals surface area contributed by atoms with Crippen molar-refractivity contribution in [2.24, 2.45) is 0 Å². The molecule has 4 aromatic rings. The van der Waals surface area contributed by atoms with Crippen LogP contribution in [0.5, 0.6) is 11.5 Å². The Morgan fingerprint density at radius 3 is 2.52 bits per heavy atom. The van der Waals surface area contributed by atoms with Gasteiger partial charge in [0.05, 0.1) is 17.8 Å². The Morgan fingerprint density at radius 2 is 1.69 bits per heavy atom. The fourth-order valence-corrected chi connectivity index (χ4v) is 2.88. The molecule has 0 saturated carbocycles. The molecule has 0 fully saturated rings. The molecule has 0 saturated heterocycles. The van der Waals surface area contributed by atoms with E-state index in [-0.39, 0.29) is 5.91 Å². The molecule has 144 valence electrons. The minimum atomic E-state index is -0.186. The van der Waals surface area contributed by atoms with E-state index in [0.29, 0.717) is 30.2 Å². The van der Waals surface area contributed by atoms with Crippen LogP contribution in [0.4, 0.5) is 0 Å². The third-order valence-corrected chi connectivity index (χ3v) is 4.30. The molecule has 4 rings (SSSR count). The van der Waals surface area contributed by atoms with E-state index in [1.165, 1.54) is 0 Å². The Morgan fingerprint density at radius 1 is 0.897 bits per heavy atom. The van der Waals surface area contributed by atoms with Crippen LogP contribution in [0.3, 0.4) is 0 Å². The van der Waals surface area contributed by atoms with Gasteiger partial charge >= 0.3 is 0 Å². The molecule has 1 amide bonds. The van der Waals surface area contributed by atoms with Crippen LogP contribution in [0.15, 0.2) is 91.3 Å². The molecule has 6 heteroatoms. The summed E-state index contributed by atoms with van der Waals surface area (Å²) in [6.07, 6.45) is 3.62. The van der Waals surface area contributed by atoms with Gasteiger partial charge in [-0.05, 0) is 42.5 Å². The van der Waals surface area contributed by atoms with Crippen molar-refractivity contribution in [1.82, 2.24) is 20.1 Å². The highest BCUT2D eigenvalue weighted by molar-refractivity contribution is 5.97. The van der Waals surface area contributed by atoms with Gasteiger partial charge in [0.2, 0.25) is 0 Å². The average Bonchev–Trinajstić information content (AvgIpc) is 3.24. The molecule has 0 aliphatic rings. The Hall–Kier alpha value is -3.93. The number of hydrogen-bond acceptors (Lipinski definition) is 4. The van der Waals surface area contributed by atoms with Crippen LogP contribution >= 0.6 is 0 Å². The number of ether oxygens (including phenoxy) is 1. The summed E-state index contributed by atoms with van der Waals surface area (Å²) in [5.41, 5.74) is 2.12. The highest BCUT2D eigenvalue weighted by Gasteiger charge is 2.12. The van der Waals surface area contributed by atoms with Gasteiger partial charge in [0.25, 0.3) is 5.91 Å². The molecule has 0 radical (unpaired) electrons. The molecule has 1 N–H and O–H groups in total. The van der Waals surface area contributed by atoms with E-state index in [4.69, 9.17) is 4.74 Å². The van der Waals surface area contributed by atoms with Crippen molar-refractivity contribution in [2.75, 3.05) is 6.54 Å². The van der Waals surface area contributed by atoms with Gasteiger partial charge in [0.15, 0.2) is 0 Å². The van der Waals surface area contributed by atoms with Crippen LogP contribution in [-0.4, -0.2) is 27.2 Å². The summed E-state index contributed by atoms with van der Waals surface area (Å²) in [4.78, 5) is 16.9. The van der Waals surface area contributed by atoms with Crippen LogP contribution < -0.4 is 10.1 Å². The van der Waals surface area contributed by atoms with E-state index in [1.54, 1.807) is 23.0 Å². The summed E-state index contributed by atoms with van der Waals surface area (Å²) >= 11 is 0. The number of rotatable bonds is 7. The zero-order valence-electron chi connectivity index (χ0n) is 15.7. The smallest absolute Gasteiger partial charge is 0.255 e. The van der Waals surface area contributed by atoms with Gasteiger partial charge < -0.3 is 10.1 Å². The minimum absolute atomic E-state index is 0.186. The molecule has 0 atom stereocenters. The molecule has 2 aromatic heterocycles. The number of nitrogens with zero attached hydrogens (tertiary/aromatic N) is 3. The number of nitrogens with one attached hydrogen (secondary N) is 1. The second kappa shape index (κ2) is 8.84. The van der Waals surface area contributed by atoms with Gasteiger partial charge in [-0.15, -0.1) is 0 Å². The molecular formula is C23H20N4O2. The van der Waals surface area contributed by atoms with E-state index in [2.05, 4.69) is 15.4 Å². The lowest BCUT2D eigenvalue weighted by Crippen LogP contribution is -2.27. The Kier molecular flexibility index (Phi) is 5.62. The van der Waals surface area contributed by atoms with E-state index in [1.807, 2.05) is 72.9 Å². The molecule has 29 heavy (non-hydrogen) atoms. The second-order valence-electron chi connectivity index (χ2n) is 6.35. The van der Waals surface area contributed by atoms with Crippen LogP contribution in [0.1, 0.15) is 10.4 Å². The van der Waals surface area contributed by atoms with Crippen LogP contribution in [-0.2, 0) is 6.54 Å². The van der Waals surface area contributed by atoms with Crippen LogP contribution in [0.25, 0.3) is 11.4 Å². The first-order valence-electron chi connectivity index (χ1n) is 9.34. The SMILES string of the molecule is O=C(NCCn1ccc(-c2ccccn2)n1)c1ccccc1Oc1ccccc1. The van der Waals surface area contributed by atoms with Crippen molar-refractivity contribution < 1.29 is 9.53 Å². The number of para-hydroxylation sites is 2. The standard InChI is InChI=1S/C23H20N4O2/c28-23(19-10-4-5-12-22(19)29-18-8-2-1-3-9-18)25-15-17-27-16-13-21(26-27)20-11-6-7-14-24-20/h1-14,16H,15,17H2,(H,25,28). The second-order valence-corrected chi connectivity index (χ2v) is 6.35. The summed E-state index contributed by atoms with van der Waals surface area (Å²) in [5.74, 6) is 1.02. The molecule has 2 aromatic carbocycles. The van der Waals surface area contributed by atoms with Gasteiger partial charge in [-0.3, -0.25) is 14.5 Å². The number of aromatic nitrogens is 3. The average molecular weight is 384 g/mol. The van der Waals surface area contributed by atoms with Crippen molar-refractivity contribution in [2.45, 2.75) is 6.54 Å². The first kappa shape index (κ1) is 18.4. The fourth-order valence-electron chi connectivity index (χ4n) is 2.88. The monoisotopic (exact) mass is 384 g/mol. The van der Waals surface area contributed by atoms with Gasteiger partial charge in [-0.25, -0.2) is 0 Å². The van der Waals surface area contributed by atoms with E-state index < -0.39 is 0 Å². The van der Waals surface area contributed by atoms with E-state index in [0.717, 1.165) is 11.4 Å². The summed E-state index contributed by atoms with van der Waals surface area (Å²) < 4.78 is 7.65. The molecule has 0 spiro atoms. The van der Waals surface area contributed by atoms with Crippen molar-refractivity contribution in [3.63, 3.8) is 0 Å². The lowest BCUT2D eigenvalue weighted by molar-refractivity contribution is 0.0949. The van der Waals surface area contributed by atoms with Gasteiger partial charge in [-0.2, -0.15) is 5.10 Å². The van der Waals surface area contributed by atoms with E-state index >= 15 is 0 Å². The predicted octanol–water partition coefficient (Wildman–Crippen LogP) is 4.17. The number of carbonyl (C=O) groups excluding carboxylic acids is 1. The van der Waals surface area contributed by atoms with Crippen molar-refractivity contribution in [3.05, 3.63) is 96.8 Å². The van der Waals surface area contributed by atoms with Gasteiger partial charge in [-0.1, -0.05) is 36.4 Å². The van der Waals surface area contributed by atoms with Crippen molar-refractivity contribution in [1.29, 1.82) is 0 Å². The predicted molar refractivity (Wildman–Crippen MR) is 111 cm³/mol. The summed E-state index contributed by atoms with van der Waals surface area (Å²) in [7, 11) is 0. The summed E-state index contributed by atoms with van der Waals surface area (Å²) in [5, 5.41) is 7.43. The van der Waals surface area contributed by atoms with Gasteiger partial charge in [0.1, 0.15) is 17.2 Å². The highest BCUT2D eigenvalue weighted by atomic mass is 16.5. The van der Waals surface area contributed by atoms with Crippen LogP contribution in [0, 0.1) is 0 Å². The number of hydrogen-bond donors (Lipinski definition) is 1. The maximum absolute atomic E-state index is 12.6. The molecule has 0 unspecified atom stereocenters. The lowest BCUT2D eigenvalue weighted by Gasteiger charge is -2.11. The zero-order valence-corrected chi connectivity index (χ0v) is 15.7. The Balaban J connectivity index is 1.36. The van der Waals surface area contributed by atoms with Crippen LogP contribution in [0.2, 0.25) is 0 Å². The third kappa shape index (κ3) is 4.68. The van der Waals surface area contributed by atoms with Crippen molar-refractivity contribution in [3.8, 4) is 22.9 Å². The highest BCUT2D eigenvalue weighted by Crippen LogP contribution is 2.24. The molecule has 0 bridgehead atoms. The Labute approximate surface area is 168 Å². The third-order valence-electron chi connectivity index (χ3n) is 4.30. The molecule has 0 aliphatic carbocycles. The fraction of sp³-hybridized carbons (Fsp3) is 0.0870. The Bertz CT molecular complexity index is 1080. The molecular weight excluding hydrogens is 364 g/mol. The number of carbonyl (C=O) groups is 1. The van der Waals surface area contributed by atoms with Crippen molar-refractivity contribution >= 4 is 5.91 Å². The van der Waals surface area contributed by atoms with Gasteiger partial charge in [0, 0.05) is 18.9 Å². The number of pyridine rings is 1. The molecule has 0 aliphatic heterocycles. The minimum Gasteiger partial charge on any atom is -0.457 e. The first-order chi connectivity index (χ1) is 14.3. The molecule has 6 nitrogen and oxygen atoms in total. The topological polar surface area (TPSA) is 69.0 Å². The largest absolute Gasteiger partial charge is 0.457 e. The summed E-state index contributed by atoms with van der Waals surface area (Å²) in [6.45, 7) is 1.00. The maximum atomic E-state index is 12.6. The maximum Gasteiger partial charge on any atom is 0.255 e. The number of benzene rings is 2. The zero-order chi connectivity index (χ0) is 19.9. The number of amides is 1. The molecule has 2 heterocycles.